The van der Waals surface area contributed by atoms with Gasteiger partial charge in [-0.05, 0) is 43.0 Å². The van der Waals surface area contributed by atoms with Crippen LogP contribution in [0.25, 0.3) is 0 Å². The quantitative estimate of drug-likeness (QED) is 0.569. The molecule has 1 aliphatic rings. The lowest BCUT2D eigenvalue weighted by Crippen LogP contribution is -2.38. The molecule has 1 heterocycles. The zero-order chi connectivity index (χ0) is 18.5. The van der Waals surface area contributed by atoms with Crippen molar-refractivity contribution < 1.29 is 4.74 Å². The second-order valence-corrected chi connectivity index (χ2v) is 7.38. The molecule has 0 N–H and O–H groups in total. The molecule has 0 fully saturated rings. The second kappa shape index (κ2) is 7.79. The van der Waals surface area contributed by atoms with Crippen molar-refractivity contribution in [1.29, 1.82) is 0 Å². The SMILES string of the molecule is CC1(c2ccccc2)CC(CCc2ccccc2)N=C(c2ccccc2)O1. The number of hydrogen-bond donors (Lipinski definition) is 0. The molecule has 0 bridgehead atoms. The van der Waals surface area contributed by atoms with Crippen molar-refractivity contribution >= 4 is 5.90 Å². The third kappa shape index (κ3) is 4.11. The normalized spacial score (nSPS) is 22.0. The number of hydrogen-bond acceptors (Lipinski definition) is 2. The highest BCUT2D eigenvalue weighted by atomic mass is 16.5. The van der Waals surface area contributed by atoms with Gasteiger partial charge in [0.2, 0.25) is 5.90 Å². The van der Waals surface area contributed by atoms with E-state index in [0.29, 0.717) is 0 Å². The summed E-state index contributed by atoms with van der Waals surface area (Å²) in [6.07, 6.45) is 2.94. The van der Waals surface area contributed by atoms with E-state index in [9.17, 15) is 0 Å². The smallest absolute Gasteiger partial charge is 0.217 e. The maximum absolute atomic E-state index is 6.48. The van der Waals surface area contributed by atoms with Gasteiger partial charge < -0.3 is 4.74 Å². The topological polar surface area (TPSA) is 21.6 Å². The van der Waals surface area contributed by atoms with Crippen molar-refractivity contribution in [3.05, 3.63) is 108 Å². The van der Waals surface area contributed by atoms with E-state index in [0.717, 1.165) is 30.7 Å². The average molecular weight is 355 g/mol. The molecule has 4 rings (SSSR count). The number of aryl methyl sites for hydroxylation is 1. The lowest BCUT2D eigenvalue weighted by molar-refractivity contribution is 0.0403. The Labute approximate surface area is 161 Å². The molecule has 3 aromatic carbocycles. The summed E-state index contributed by atoms with van der Waals surface area (Å²) in [4.78, 5) is 4.98. The van der Waals surface area contributed by atoms with Gasteiger partial charge in [0.25, 0.3) is 0 Å². The first kappa shape index (κ1) is 17.5. The summed E-state index contributed by atoms with van der Waals surface area (Å²) in [6.45, 7) is 2.19. The summed E-state index contributed by atoms with van der Waals surface area (Å²) >= 11 is 0. The minimum atomic E-state index is -0.366. The van der Waals surface area contributed by atoms with E-state index in [1.54, 1.807) is 0 Å². The summed E-state index contributed by atoms with van der Waals surface area (Å²) in [5.41, 5.74) is 3.25. The van der Waals surface area contributed by atoms with Crippen molar-refractivity contribution in [3.8, 4) is 0 Å². The van der Waals surface area contributed by atoms with Crippen LogP contribution in [0.3, 0.4) is 0 Å². The summed E-state index contributed by atoms with van der Waals surface area (Å²) in [6, 6.07) is 31.7. The average Bonchev–Trinajstić information content (AvgIpc) is 2.74. The molecular formula is C25H25NO. The fourth-order valence-corrected chi connectivity index (χ4v) is 3.77. The molecule has 3 aromatic rings. The minimum Gasteiger partial charge on any atom is -0.466 e. The predicted molar refractivity (Wildman–Crippen MR) is 111 cm³/mol. The lowest BCUT2D eigenvalue weighted by Gasteiger charge is -2.38. The lowest BCUT2D eigenvalue weighted by atomic mass is 9.86. The Bertz CT molecular complexity index is 889. The van der Waals surface area contributed by atoms with Crippen LogP contribution in [0, 0.1) is 0 Å². The van der Waals surface area contributed by atoms with E-state index < -0.39 is 0 Å². The molecule has 2 heteroatoms. The molecule has 0 saturated carbocycles. The van der Waals surface area contributed by atoms with Crippen molar-refractivity contribution in [3.63, 3.8) is 0 Å². The first-order valence-corrected chi connectivity index (χ1v) is 9.65. The van der Waals surface area contributed by atoms with E-state index in [4.69, 9.17) is 9.73 Å². The highest BCUT2D eigenvalue weighted by Crippen LogP contribution is 2.37. The van der Waals surface area contributed by atoms with Crippen LogP contribution in [0.4, 0.5) is 0 Å². The Kier molecular flexibility index (Phi) is 5.06. The summed E-state index contributed by atoms with van der Waals surface area (Å²) in [7, 11) is 0. The fourth-order valence-electron chi connectivity index (χ4n) is 3.77. The van der Waals surface area contributed by atoms with Gasteiger partial charge in [-0.3, -0.25) is 0 Å². The van der Waals surface area contributed by atoms with Gasteiger partial charge in [-0.1, -0.05) is 78.9 Å². The van der Waals surface area contributed by atoms with E-state index in [2.05, 4.69) is 79.7 Å². The molecule has 1 aliphatic heterocycles. The van der Waals surface area contributed by atoms with E-state index in [1.807, 2.05) is 18.2 Å². The van der Waals surface area contributed by atoms with E-state index in [1.165, 1.54) is 11.1 Å². The molecule has 2 unspecified atom stereocenters. The number of rotatable bonds is 5. The maximum atomic E-state index is 6.48. The fraction of sp³-hybridized carbons (Fsp3) is 0.240. The van der Waals surface area contributed by atoms with Crippen molar-refractivity contribution in [2.24, 2.45) is 4.99 Å². The van der Waals surface area contributed by atoms with Gasteiger partial charge in [0.05, 0.1) is 6.04 Å². The predicted octanol–water partition coefficient (Wildman–Crippen LogP) is 5.77. The molecule has 0 radical (unpaired) electrons. The monoisotopic (exact) mass is 355 g/mol. The zero-order valence-electron chi connectivity index (χ0n) is 15.7. The second-order valence-electron chi connectivity index (χ2n) is 7.38. The van der Waals surface area contributed by atoms with Crippen LogP contribution < -0.4 is 0 Å². The van der Waals surface area contributed by atoms with Crippen LogP contribution in [-0.2, 0) is 16.8 Å². The van der Waals surface area contributed by atoms with Gasteiger partial charge in [-0.2, -0.15) is 0 Å². The Balaban J connectivity index is 1.62. The van der Waals surface area contributed by atoms with Crippen LogP contribution in [0.2, 0.25) is 0 Å². The van der Waals surface area contributed by atoms with Gasteiger partial charge in [0.15, 0.2) is 0 Å². The van der Waals surface area contributed by atoms with Crippen LogP contribution >= 0.6 is 0 Å². The van der Waals surface area contributed by atoms with Crippen LogP contribution in [0.5, 0.6) is 0 Å². The largest absolute Gasteiger partial charge is 0.466 e. The Hall–Kier alpha value is -2.87. The first-order valence-electron chi connectivity index (χ1n) is 9.65. The van der Waals surface area contributed by atoms with E-state index >= 15 is 0 Å². The number of nitrogens with zero attached hydrogens (tertiary/aromatic N) is 1. The molecule has 0 aromatic heterocycles. The summed E-state index contributed by atoms with van der Waals surface area (Å²) in [5, 5.41) is 0. The molecular weight excluding hydrogens is 330 g/mol. The molecule has 27 heavy (non-hydrogen) atoms. The molecule has 0 saturated heterocycles. The highest BCUT2D eigenvalue weighted by molar-refractivity contribution is 5.95. The van der Waals surface area contributed by atoms with Crippen molar-refractivity contribution in [2.75, 3.05) is 0 Å². The molecule has 2 nitrogen and oxygen atoms in total. The molecule has 0 amide bonds. The number of benzene rings is 3. The third-order valence-electron chi connectivity index (χ3n) is 5.26. The van der Waals surface area contributed by atoms with Gasteiger partial charge in [0, 0.05) is 12.0 Å². The Morgan fingerprint density at radius 1 is 0.852 bits per heavy atom. The van der Waals surface area contributed by atoms with Crippen LogP contribution in [0.1, 0.15) is 36.5 Å². The number of aliphatic imine (C=N–C) groups is 1. The van der Waals surface area contributed by atoms with Crippen LogP contribution in [0.15, 0.2) is 96.0 Å². The van der Waals surface area contributed by atoms with Crippen LogP contribution in [-0.4, -0.2) is 11.9 Å². The highest BCUT2D eigenvalue weighted by Gasteiger charge is 2.37. The summed E-state index contributed by atoms with van der Waals surface area (Å²) in [5.74, 6) is 0.756. The Morgan fingerprint density at radius 2 is 1.44 bits per heavy atom. The van der Waals surface area contributed by atoms with Gasteiger partial charge in [-0.25, -0.2) is 4.99 Å². The van der Waals surface area contributed by atoms with Gasteiger partial charge in [-0.15, -0.1) is 0 Å². The van der Waals surface area contributed by atoms with Gasteiger partial charge in [0.1, 0.15) is 5.60 Å². The molecule has 0 spiro atoms. The van der Waals surface area contributed by atoms with Crippen molar-refractivity contribution in [2.45, 2.75) is 37.8 Å². The first-order chi connectivity index (χ1) is 13.2. The maximum Gasteiger partial charge on any atom is 0.217 e. The number of ether oxygens (including phenoxy) is 1. The standard InChI is InChI=1S/C25H25NO/c1-25(22-15-9-4-10-16-22)19-23(18-17-20-11-5-2-6-12-20)26-24(27-25)21-13-7-3-8-14-21/h2-16,23H,17-19H2,1H3. The molecule has 136 valence electrons. The minimum absolute atomic E-state index is 0.236. The molecule has 2 atom stereocenters. The molecule has 0 aliphatic carbocycles. The summed E-state index contributed by atoms with van der Waals surface area (Å²) < 4.78 is 6.48. The zero-order valence-corrected chi connectivity index (χ0v) is 15.7. The third-order valence-corrected chi connectivity index (χ3v) is 5.26. The Morgan fingerprint density at radius 3 is 2.11 bits per heavy atom. The van der Waals surface area contributed by atoms with E-state index in [-0.39, 0.29) is 11.6 Å². The van der Waals surface area contributed by atoms with Crippen molar-refractivity contribution in [1.82, 2.24) is 0 Å². The van der Waals surface area contributed by atoms with Gasteiger partial charge >= 0.3 is 0 Å².